The standard InChI is InChI=1S/C12H17N5/c1-8(6-13)12-9(2)16-17(10(12)3)11-7-14-4-5-15-11/h4-5,7-8H,6,13H2,1-3H3. The Morgan fingerprint density at radius 2 is 2.12 bits per heavy atom. The monoisotopic (exact) mass is 231 g/mol. The number of nitrogens with zero attached hydrogens (tertiary/aromatic N) is 4. The van der Waals surface area contributed by atoms with Crippen LogP contribution in [0.15, 0.2) is 18.6 Å². The Labute approximate surface area is 101 Å². The summed E-state index contributed by atoms with van der Waals surface area (Å²) < 4.78 is 1.82. The first-order valence-corrected chi connectivity index (χ1v) is 5.67. The average Bonchev–Trinajstić information content (AvgIpc) is 2.65. The summed E-state index contributed by atoms with van der Waals surface area (Å²) in [7, 11) is 0. The normalized spacial score (nSPS) is 12.7. The van der Waals surface area contributed by atoms with Gasteiger partial charge in [-0.15, -0.1) is 0 Å². The van der Waals surface area contributed by atoms with Crippen molar-refractivity contribution >= 4 is 0 Å². The molecule has 2 rings (SSSR count). The van der Waals surface area contributed by atoms with Crippen LogP contribution >= 0.6 is 0 Å². The van der Waals surface area contributed by atoms with Gasteiger partial charge in [0.25, 0.3) is 0 Å². The molecule has 0 saturated carbocycles. The van der Waals surface area contributed by atoms with Crippen LogP contribution in [0.2, 0.25) is 0 Å². The fraction of sp³-hybridized carbons (Fsp3) is 0.417. The van der Waals surface area contributed by atoms with Crippen LogP contribution in [0.3, 0.4) is 0 Å². The van der Waals surface area contributed by atoms with E-state index in [-0.39, 0.29) is 0 Å². The van der Waals surface area contributed by atoms with Crippen LogP contribution in [0.4, 0.5) is 0 Å². The molecule has 0 spiro atoms. The third-order valence-corrected chi connectivity index (χ3v) is 2.96. The van der Waals surface area contributed by atoms with Crippen molar-refractivity contribution in [3.8, 4) is 5.82 Å². The summed E-state index contributed by atoms with van der Waals surface area (Å²) in [5, 5.41) is 4.51. The van der Waals surface area contributed by atoms with Crippen LogP contribution in [0.1, 0.15) is 29.8 Å². The minimum Gasteiger partial charge on any atom is -0.330 e. The third kappa shape index (κ3) is 2.06. The summed E-state index contributed by atoms with van der Waals surface area (Å²) in [5.41, 5.74) is 9.02. The molecular weight excluding hydrogens is 214 g/mol. The van der Waals surface area contributed by atoms with Crippen molar-refractivity contribution in [1.82, 2.24) is 19.7 Å². The molecule has 1 unspecified atom stereocenters. The van der Waals surface area contributed by atoms with Crippen molar-refractivity contribution in [2.75, 3.05) is 6.54 Å². The van der Waals surface area contributed by atoms with E-state index in [0.717, 1.165) is 17.2 Å². The van der Waals surface area contributed by atoms with Crippen LogP contribution in [-0.2, 0) is 0 Å². The Morgan fingerprint density at radius 3 is 2.71 bits per heavy atom. The van der Waals surface area contributed by atoms with Gasteiger partial charge in [-0.05, 0) is 26.3 Å². The highest BCUT2D eigenvalue weighted by molar-refractivity contribution is 5.33. The zero-order valence-electron chi connectivity index (χ0n) is 10.4. The molecule has 0 radical (unpaired) electrons. The third-order valence-electron chi connectivity index (χ3n) is 2.96. The van der Waals surface area contributed by atoms with Crippen molar-refractivity contribution in [3.63, 3.8) is 0 Å². The van der Waals surface area contributed by atoms with Crippen LogP contribution in [-0.4, -0.2) is 26.3 Å². The average molecular weight is 231 g/mol. The maximum Gasteiger partial charge on any atom is 0.172 e. The summed E-state index contributed by atoms with van der Waals surface area (Å²) in [5.74, 6) is 1.05. The first-order valence-electron chi connectivity index (χ1n) is 5.67. The number of hydrogen-bond acceptors (Lipinski definition) is 4. The second kappa shape index (κ2) is 4.63. The molecule has 2 aromatic heterocycles. The van der Waals surface area contributed by atoms with Crippen molar-refractivity contribution < 1.29 is 0 Å². The largest absolute Gasteiger partial charge is 0.330 e. The van der Waals surface area contributed by atoms with E-state index < -0.39 is 0 Å². The molecule has 2 N–H and O–H groups in total. The van der Waals surface area contributed by atoms with Gasteiger partial charge in [-0.2, -0.15) is 5.10 Å². The summed E-state index contributed by atoms with van der Waals surface area (Å²) in [6, 6.07) is 0. The van der Waals surface area contributed by atoms with Crippen molar-refractivity contribution in [3.05, 3.63) is 35.5 Å². The summed E-state index contributed by atoms with van der Waals surface area (Å²) in [6.07, 6.45) is 5.02. The van der Waals surface area contributed by atoms with Gasteiger partial charge in [0, 0.05) is 23.7 Å². The van der Waals surface area contributed by atoms with E-state index >= 15 is 0 Å². The van der Waals surface area contributed by atoms with Gasteiger partial charge in [0.15, 0.2) is 5.82 Å². The number of aromatic nitrogens is 4. The molecular formula is C12H17N5. The minimum atomic E-state index is 0.306. The highest BCUT2D eigenvalue weighted by atomic mass is 15.3. The van der Waals surface area contributed by atoms with E-state index in [0.29, 0.717) is 12.5 Å². The van der Waals surface area contributed by atoms with E-state index in [1.165, 1.54) is 5.56 Å². The molecule has 0 amide bonds. The zero-order chi connectivity index (χ0) is 12.4. The fourth-order valence-corrected chi connectivity index (χ4v) is 2.11. The van der Waals surface area contributed by atoms with Crippen LogP contribution in [0.25, 0.3) is 5.82 Å². The lowest BCUT2D eigenvalue weighted by molar-refractivity contribution is 0.756. The van der Waals surface area contributed by atoms with Crippen LogP contribution < -0.4 is 5.73 Å². The SMILES string of the molecule is Cc1nn(-c2cnccn2)c(C)c1C(C)CN. The molecule has 90 valence electrons. The van der Waals surface area contributed by atoms with Gasteiger partial charge < -0.3 is 5.73 Å². The van der Waals surface area contributed by atoms with Gasteiger partial charge in [-0.1, -0.05) is 6.92 Å². The predicted octanol–water partition coefficient (Wildman–Crippen LogP) is 1.34. The van der Waals surface area contributed by atoms with E-state index in [2.05, 4.69) is 22.0 Å². The molecule has 0 aliphatic carbocycles. The highest BCUT2D eigenvalue weighted by Crippen LogP contribution is 2.23. The summed E-state index contributed by atoms with van der Waals surface area (Å²) >= 11 is 0. The Morgan fingerprint density at radius 1 is 1.35 bits per heavy atom. The van der Waals surface area contributed by atoms with Gasteiger partial charge in [0.2, 0.25) is 0 Å². The quantitative estimate of drug-likeness (QED) is 0.865. The predicted molar refractivity (Wildman–Crippen MR) is 66.1 cm³/mol. The zero-order valence-corrected chi connectivity index (χ0v) is 10.4. The molecule has 17 heavy (non-hydrogen) atoms. The minimum absolute atomic E-state index is 0.306. The maximum atomic E-state index is 5.72. The summed E-state index contributed by atoms with van der Waals surface area (Å²) in [4.78, 5) is 8.31. The lowest BCUT2D eigenvalue weighted by Crippen LogP contribution is -2.11. The van der Waals surface area contributed by atoms with Gasteiger partial charge in [-0.3, -0.25) is 4.98 Å². The molecule has 2 heterocycles. The molecule has 0 aliphatic heterocycles. The molecule has 0 fully saturated rings. The van der Waals surface area contributed by atoms with Gasteiger partial charge >= 0.3 is 0 Å². The number of rotatable bonds is 3. The fourth-order valence-electron chi connectivity index (χ4n) is 2.11. The maximum absolute atomic E-state index is 5.72. The second-order valence-electron chi connectivity index (χ2n) is 4.20. The number of hydrogen-bond donors (Lipinski definition) is 1. The van der Waals surface area contributed by atoms with E-state index in [1.807, 2.05) is 18.5 Å². The lowest BCUT2D eigenvalue weighted by atomic mass is 9.99. The molecule has 5 nitrogen and oxygen atoms in total. The van der Waals surface area contributed by atoms with Crippen LogP contribution in [0, 0.1) is 13.8 Å². The number of nitrogens with two attached hydrogens (primary N) is 1. The van der Waals surface area contributed by atoms with E-state index in [1.54, 1.807) is 18.6 Å². The molecule has 1 atom stereocenters. The van der Waals surface area contributed by atoms with E-state index in [9.17, 15) is 0 Å². The summed E-state index contributed by atoms with van der Waals surface area (Å²) in [6.45, 7) is 6.77. The Hall–Kier alpha value is -1.75. The van der Waals surface area contributed by atoms with Crippen molar-refractivity contribution in [2.45, 2.75) is 26.7 Å². The molecule has 0 saturated heterocycles. The molecule has 2 aromatic rings. The number of aryl methyl sites for hydroxylation is 1. The highest BCUT2D eigenvalue weighted by Gasteiger charge is 2.17. The molecule has 0 bridgehead atoms. The topological polar surface area (TPSA) is 69.6 Å². The van der Waals surface area contributed by atoms with E-state index in [4.69, 9.17) is 5.73 Å². The molecule has 0 aliphatic rings. The van der Waals surface area contributed by atoms with Crippen molar-refractivity contribution in [1.29, 1.82) is 0 Å². The Balaban J connectivity index is 2.52. The Bertz CT molecular complexity index is 503. The first-order chi connectivity index (χ1) is 8.15. The van der Waals surface area contributed by atoms with Gasteiger partial charge in [0.1, 0.15) is 0 Å². The van der Waals surface area contributed by atoms with Gasteiger partial charge in [0.05, 0.1) is 11.9 Å². The Kier molecular flexibility index (Phi) is 3.19. The van der Waals surface area contributed by atoms with Gasteiger partial charge in [-0.25, -0.2) is 9.67 Å². The molecule has 5 heteroatoms. The van der Waals surface area contributed by atoms with Crippen LogP contribution in [0.5, 0.6) is 0 Å². The first kappa shape index (κ1) is 11.7. The lowest BCUT2D eigenvalue weighted by Gasteiger charge is -2.09. The second-order valence-corrected chi connectivity index (χ2v) is 4.20. The smallest absolute Gasteiger partial charge is 0.172 e. The van der Waals surface area contributed by atoms with Crippen molar-refractivity contribution in [2.24, 2.45) is 5.73 Å². The molecule has 0 aromatic carbocycles.